The Balaban J connectivity index is 1.96. The number of nitrogens with two attached hydrogens (primary N) is 1. The Labute approximate surface area is 185 Å². The van der Waals surface area contributed by atoms with Gasteiger partial charge in [0.1, 0.15) is 5.82 Å². The lowest BCUT2D eigenvalue weighted by atomic mass is 9.75. The van der Waals surface area contributed by atoms with Crippen LogP contribution in [0.25, 0.3) is 0 Å². The van der Waals surface area contributed by atoms with Gasteiger partial charge in [-0.1, -0.05) is 29.8 Å². The molecule has 0 unspecified atom stereocenters. The number of non-ortho nitro benzene ring substituents is 1. The van der Waals surface area contributed by atoms with Crippen molar-refractivity contribution in [3.8, 4) is 0 Å². The summed E-state index contributed by atoms with van der Waals surface area (Å²) in [5.41, 5.74) is 10.3. The molecule has 0 saturated carbocycles. The molecule has 1 aliphatic carbocycles. The highest BCUT2D eigenvalue weighted by molar-refractivity contribution is 6.05. The number of benzene rings is 2. The second-order valence-corrected chi connectivity index (χ2v) is 7.88. The molecule has 0 spiro atoms. The number of nitro groups is 1. The molecule has 0 amide bonds. The van der Waals surface area contributed by atoms with Crippen LogP contribution in [0.5, 0.6) is 0 Å². The van der Waals surface area contributed by atoms with Gasteiger partial charge >= 0.3 is 5.97 Å². The van der Waals surface area contributed by atoms with Gasteiger partial charge in [0.15, 0.2) is 5.78 Å². The van der Waals surface area contributed by atoms with Crippen molar-refractivity contribution in [3.05, 3.63) is 92.4 Å². The van der Waals surface area contributed by atoms with E-state index in [1.54, 1.807) is 17.0 Å². The van der Waals surface area contributed by atoms with Gasteiger partial charge in [0, 0.05) is 35.5 Å². The summed E-state index contributed by atoms with van der Waals surface area (Å²) in [5.74, 6) is -1.28. The molecule has 2 aliphatic rings. The van der Waals surface area contributed by atoms with Crippen LogP contribution in [-0.4, -0.2) is 23.8 Å². The van der Waals surface area contributed by atoms with Gasteiger partial charge in [0.05, 0.1) is 23.5 Å². The van der Waals surface area contributed by atoms with E-state index in [0.717, 1.165) is 16.9 Å². The minimum absolute atomic E-state index is 0.0689. The van der Waals surface area contributed by atoms with Gasteiger partial charge in [-0.05, 0) is 37.5 Å². The number of carbonyl (C=O) groups excluding carboxylic acids is 2. The maximum Gasteiger partial charge on any atom is 0.338 e. The second kappa shape index (κ2) is 8.30. The number of Topliss-reactive ketones (excluding diaryl/α,β-unsaturated/α-hetero) is 1. The summed E-state index contributed by atoms with van der Waals surface area (Å²) in [4.78, 5) is 38.5. The molecule has 1 aliphatic heterocycles. The van der Waals surface area contributed by atoms with E-state index in [2.05, 4.69) is 0 Å². The number of esters is 1. The molecule has 2 N–H and O–H groups in total. The molecule has 0 aromatic heterocycles. The van der Waals surface area contributed by atoms with Crippen molar-refractivity contribution in [2.24, 2.45) is 5.73 Å². The normalized spacial score (nSPS) is 18.5. The van der Waals surface area contributed by atoms with E-state index in [4.69, 9.17) is 10.5 Å². The lowest BCUT2D eigenvalue weighted by molar-refractivity contribution is -0.384. The van der Waals surface area contributed by atoms with Crippen molar-refractivity contribution in [2.75, 3.05) is 12.0 Å². The molecule has 1 atom stereocenters. The Morgan fingerprint density at radius 1 is 1.12 bits per heavy atom. The number of allylic oxidation sites excluding steroid dienone is 2. The average molecular weight is 433 g/mol. The number of carbonyl (C=O) groups is 2. The fourth-order valence-corrected chi connectivity index (χ4v) is 4.41. The van der Waals surface area contributed by atoms with E-state index in [-0.39, 0.29) is 22.9 Å². The lowest BCUT2D eigenvalue weighted by Crippen LogP contribution is -2.40. The predicted molar refractivity (Wildman–Crippen MR) is 119 cm³/mol. The maximum atomic E-state index is 13.2. The molecule has 0 bridgehead atoms. The number of ether oxygens (including phenoxy) is 1. The highest BCUT2D eigenvalue weighted by atomic mass is 16.6. The first-order chi connectivity index (χ1) is 15.3. The molecule has 0 saturated heterocycles. The van der Waals surface area contributed by atoms with Crippen molar-refractivity contribution < 1.29 is 19.2 Å². The van der Waals surface area contributed by atoms with E-state index < -0.39 is 16.8 Å². The van der Waals surface area contributed by atoms with Crippen LogP contribution in [0.4, 0.5) is 11.4 Å². The second-order valence-electron chi connectivity index (χ2n) is 7.88. The van der Waals surface area contributed by atoms with Gasteiger partial charge < -0.3 is 10.5 Å². The molecule has 8 nitrogen and oxygen atoms in total. The minimum Gasteiger partial charge on any atom is -0.466 e. The molecular weight excluding hydrogens is 410 g/mol. The third-order valence-electron chi connectivity index (χ3n) is 5.93. The number of hydrogen-bond acceptors (Lipinski definition) is 7. The zero-order valence-electron chi connectivity index (χ0n) is 17.8. The molecular formula is C24H23N3O5. The topological polar surface area (TPSA) is 116 Å². The Kier molecular flexibility index (Phi) is 5.52. The number of ketones is 1. The SMILES string of the molecule is COC(=O)C1=C(N)N(c2ccc(C)cc2)C2=C(C(=O)CCC2)[C@@H]1c1ccc([N+](=O)[O-])cc1. The smallest absolute Gasteiger partial charge is 0.338 e. The van der Waals surface area contributed by atoms with E-state index in [0.29, 0.717) is 30.4 Å². The molecule has 32 heavy (non-hydrogen) atoms. The summed E-state index contributed by atoms with van der Waals surface area (Å²) in [7, 11) is 1.26. The Morgan fingerprint density at radius 2 is 1.78 bits per heavy atom. The van der Waals surface area contributed by atoms with Gasteiger partial charge in [0.2, 0.25) is 0 Å². The monoisotopic (exact) mass is 433 g/mol. The lowest BCUT2D eigenvalue weighted by Gasteiger charge is -2.40. The maximum absolute atomic E-state index is 13.2. The first-order valence-electron chi connectivity index (χ1n) is 10.3. The standard InChI is InChI=1S/C24H23N3O5/c1-14-6-10-16(11-7-14)26-18-4-3-5-19(28)21(18)20(22(23(26)25)24(29)32-2)15-8-12-17(13-9-15)27(30)31/h6-13,20H,3-5,25H2,1-2H3/t20-/m0/s1. The minimum atomic E-state index is -0.757. The van der Waals surface area contributed by atoms with Crippen molar-refractivity contribution in [2.45, 2.75) is 32.1 Å². The van der Waals surface area contributed by atoms with Crippen LogP contribution >= 0.6 is 0 Å². The van der Waals surface area contributed by atoms with Crippen molar-refractivity contribution in [1.29, 1.82) is 0 Å². The largest absolute Gasteiger partial charge is 0.466 e. The third kappa shape index (κ3) is 3.53. The Bertz CT molecular complexity index is 1160. The molecule has 1 heterocycles. The van der Waals surface area contributed by atoms with E-state index in [9.17, 15) is 19.7 Å². The number of anilines is 1. The highest BCUT2D eigenvalue weighted by Gasteiger charge is 2.43. The van der Waals surface area contributed by atoms with Gasteiger partial charge in [-0.25, -0.2) is 4.79 Å². The fourth-order valence-electron chi connectivity index (χ4n) is 4.41. The summed E-state index contributed by atoms with van der Waals surface area (Å²) >= 11 is 0. The molecule has 4 rings (SSSR count). The number of nitrogens with zero attached hydrogens (tertiary/aromatic N) is 2. The summed E-state index contributed by atoms with van der Waals surface area (Å²) in [6.45, 7) is 1.97. The quantitative estimate of drug-likeness (QED) is 0.442. The number of nitro benzene ring substituents is 1. The van der Waals surface area contributed by atoms with Crippen LogP contribution in [0, 0.1) is 17.0 Å². The van der Waals surface area contributed by atoms with Crippen LogP contribution in [0.3, 0.4) is 0 Å². The number of aryl methyl sites for hydroxylation is 1. The summed E-state index contributed by atoms with van der Waals surface area (Å²) in [6.07, 6.45) is 1.65. The van der Waals surface area contributed by atoms with E-state index >= 15 is 0 Å². The van der Waals surface area contributed by atoms with Crippen LogP contribution in [-0.2, 0) is 14.3 Å². The zero-order chi connectivity index (χ0) is 23.0. The molecule has 0 radical (unpaired) electrons. The summed E-state index contributed by atoms with van der Waals surface area (Å²) < 4.78 is 5.05. The van der Waals surface area contributed by atoms with Crippen LogP contribution in [0.15, 0.2) is 71.2 Å². The van der Waals surface area contributed by atoms with Crippen LogP contribution in [0.1, 0.15) is 36.3 Å². The summed E-state index contributed by atoms with van der Waals surface area (Å²) in [6, 6.07) is 13.5. The molecule has 2 aromatic rings. The average Bonchev–Trinajstić information content (AvgIpc) is 2.79. The first kappa shape index (κ1) is 21.3. The van der Waals surface area contributed by atoms with Gasteiger partial charge in [-0.2, -0.15) is 0 Å². The molecule has 164 valence electrons. The summed E-state index contributed by atoms with van der Waals surface area (Å²) in [5, 5.41) is 11.1. The predicted octanol–water partition coefficient (Wildman–Crippen LogP) is 3.86. The number of methoxy groups -OCH3 is 1. The van der Waals surface area contributed by atoms with Gasteiger partial charge in [-0.3, -0.25) is 19.8 Å². The van der Waals surface area contributed by atoms with Crippen LogP contribution in [0.2, 0.25) is 0 Å². The number of hydrogen-bond donors (Lipinski definition) is 1. The van der Waals surface area contributed by atoms with Gasteiger partial charge in [-0.15, -0.1) is 0 Å². The molecule has 0 fully saturated rings. The third-order valence-corrected chi connectivity index (χ3v) is 5.93. The zero-order valence-corrected chi connectivity index (χ0v) is 17.8. The molecule has 2 aromatic carbocycles. The van der Waals surface area contributed by atoms with E-state index in [1.165, 1.54) is 19.2 Å². The van der Waals surface area contributed by atoms with Crippen LogP contribution < -0.4 is 10.6 Å². The van der Waals surface area contributed by atoms with E-state index in [1.807, 2.05) is 31.2 Å². The highest BCUT2D eigenvalue weighted by Crippen LogP contribution is 2.46. The fraction of sp³-hybridized carbons (Fsp3) is 0.250. The van der Waals surface area contributed by atoms with Crippen molar-refractivity contribution in [3.63, 3.8) is 0 Å². The Hall–Kier alpha value is -3.94. The van der Waals surface area contributed by atoms with Crippen molar-refractivity contribution in [1.82, 2.24) is 0 Å². The van der Waals surface area contributed by atoms with Crippen molar-refractivity contribution >= 4 is 23.1 Å². The molecule has 8 heteroatoms. The number of rotatable bonds is 4. The first-order valence-corrected chi connectivity index (χ1v) is 10.3. The van der Waals surface area contributed by atoms with Gasteiger partial charge in [0.25, 0.3) is 5.69 Å². The Morgan fingerprint density at radius 3 is 2.38 bits per heavy atom.